The van der Waals surface area contributed by atoms with Crippen molar-refractivity contribution < 1.29 is 18.7 Å². The Bertz CT molecular complexity index is 1230. The highest BCUT2D eigenvalue weighted by atomic mass is 19.1. The van der Waals surface area contributed by atoms with Gasteiger partial charge in [0.05, 0.1) is 18.8 Å². The average Bonchev–Trinajstić information content (AvgIpc) is 2.82. The van der Waals surface area contributed by atoms with E-state index >= 15 is 0 Å². The summed E-state index contributed by atoms with van der Waals surface area (Å²) in [5, 5.41) is 2.77. The van der Waals surface area contributed by atoms with Crippen LogP contribution in [-0.2, 0) is 29.0 Å². The van der Waals surface area contributed by atoms with E-state index in [1.807, 2.05) is 6.07 Å². The molecule has 170 valence electrons. The number of nitrogens with zero attached hydrogens (tertiary/aromatic N) is 3. The molecule has 0 saturated carbocycles. The molecule has 0 aliphatic carbocycles. The zero-order chi connectivity index (χ0) is 23.4. The third kappa shape index (κ3) is 4.92. The van der Waals surface area contributed by atoms with Gasteiger partial charge < -0.3 is 15.0 Å². The van der Waals surface area contributed by atoms with Crippen LogP contribution in [-0.4, -0.2) is 39.6 Å². The summed E-state index contributed by atoms with van der Waals surface area (Å²) in [5.74, 6) is -0.592. The normalized spacial score (nSPS) is 12.7. The van der Waals surface area contributed by atoms with Crippen LogP contribution in [0.25, 0.3) is 11.4 Å². The van der Waals surface area contributed by atoms with E-state index in [9.17, 15) is 18.8 Å². The maximum atomic E-state index is 13.5. The van der Waals surface area contributed by atoms with Gasteiger partial charge in [0, 0.05) is 23.4 Å². The Morgan fingerprint density at radius 1 is 1.12 bits per heavy atom. The molecule has 0 radical (unpaired) electrons. The lowest BCUT2D eigenvalue weighted by molar-refractivity contribution is -0.116. The van der Waals surface area contributed by atoms with Gasteiger partial charge in [-0.15, -0.1) is 0 Å². The predicted molar refractivity (Wildman–Crippen MR) is 120 cm³/mol. The molecule has 0 saturated heterocycles. The summed E-state index contributed by atoms with van der Waals surface area (Å²) in [7, 11) is 0. The van der Waals surface area contributed by atoms with Gasteiger partial charge in [-0.25, -0.2) is 14.2 Å². The minimum Gasteiger partial charge on any atom is -0.450 e. The molecule has 8 nitrogen and oxygen atoms in total. The first kappa shape index (κ1) is 22.2. The van der Waals surface area contributed by atoms with E-state index in [0.29, 0.717) is 35.5 Å². The quantitative estimate of drug-likeness (QED) is 0.644. The number of carbonyl (C=O) groups is 2. The highest BCUT2D eigenvalue weighted by Crippen LogP contribution is 2.22. The van der Waals surface area contributed by atoms with E-state index in [1.54, 1.807) is 31.2 Å². The topological polar surface area (TPSA) is 93.5 Å². The fourth-order valence-electron chi connectivity index (χ4n) is 3.73. The van der Waals surface area contributed by atoms with Crippen molar-refractivity contribution in [3.05, 3.63) is 82.0 Å². The second-order valence-corrected chi connectivity index (χ2v) is 7.54. The van der Waals surface area contributed by atoms with E-state index in [1.165, 1.54) is 33.7 Å². The van der Waals surface area contributed by atoms with Gasteiger partial charge in [0.2, 0.25) is 5.91 Å². The summed E-state index contributed by atoms with van der Waals surface area (Å²) >= 11 is 0. The van der Waals surface area contributed by atoms with Crippen molar-refractivity contribution in [3.8, 4) is 11.4 Å². The first-order valence-electron chi connectivity index (χ1n) is 10.6. The molecule has 1 aromatic heterocycles. The second-order valence-electron chi connectivity index (χ2n) is 7.54. The fourth-order valence-corrected chi connectivity index (χ4v) is 3.73. The molecule has 9 heteroatoms. The number of carbonyl (C=O) groups excluding carboxylic acids is 2. The molecule has 1 aliphatic heterocycles. The molecule has 0 unspecified atom stereocenters. The lowest BCUT2D eigenvalue weighted by atomic mass is 10.1. The lowest BCUT2D eigenvalue weighted by Crippen LogP contribution is -2.42. The molecule has 0 spiro atoms. The average molecular weight is 450 g/mol. The zero-order valence-electron chi connectivity index (χ0n) is 18.1. The Labute approximate surface area is 189 Å². The van der Waals surface area contributed by atoms with Gasteiger partial charge in [-0.2, -0.15) is 0 Å². The first-order chi connectivity index (χ1) is 16.0. The number of ether oxygens (including phenoxy) is 1. The van der Waals surface area contributed by atoms with Crippen LogP contribution >= 0.6 is 0 Å². The van der Waals surface area contributed by atoms with Gasteiger partial charge >= 0.3 is 6.09 Å². The molecule has 0 bridgehead atoms. The molecular weight excluding hydrogens is 427 g/mol. The highest BCUT2D eigenvalue weighted by Gasteiger charge is 2.27. The van der Waals surface area contributed by atoms with Crippen LogP contribution in [0.2, 0.25) is 0 Å². The summed E-state index contributed by atoms with van der Waals surface area (Å²) < 4.78 is 19.9. The van der Waals surface area contributed by atoms with Crippen LogP contribution in [0.15, 0.2) is 59.4 Å². The number of hydrogen-bond donors (Lipinski definition) is 1. The SMILES string of the molecule is CCOC(=O)N1CCc2c(nc(-c3ccc(F)cc3)n(CC(=O)Nc3ccccc3)c2=O)C1. The molecule has 2 amide bonds. The number of anilines is 1. The number of nitrogens with one attached hydrogen (secondary N) is 1. The molecule has 4 rings (SSSR count). The predicted octanol–water partition coefficient (Wildman–Crippen LogP) is 3.20. The Balaban J connectivity index is 1.72. The Kier molecular flexibility index (Phi) is 6.48. The van der Waals surface area contributed by atoms with E-state index in [4.69, 9.17) is 4.74 Å². The van der Waals surface area contributed by atoms with Crippen molar-refractivity contribution in [1.82, 2.24) is 14.5 Å². The maximum absolute atomic E-state index is 13.5. The Morgan fingerprint density at radius 3 is 2.55 bits per heavy atom. The van der Waals surface area contributed by atoms with Crippen LogP contribution in [0.1, 0.15) is 18.2 Å². The third-order valence-corrected chi connectivity index (χ3v) is 5.31. The molecule has 3 aromatic rings. The number of aromatic nitrogens is 2. The number of para-hydroxylation sites is 1. The van der Waals surface area contributed by atoms with Crippen LogP contribution in [0, 0.1) is 5.82 Å². The Hall–Kier alpha value is -4.01. The van der Waals surface area contributed by atoms with Gasteiger partial charge in [0.15, 0.2) is 0 Å². The van der Waals surface area contributed by atoms with Crippen LogP contribution in [0.3, 0.4) is 0 Å². The second kappa shape index (κ2) is 9.64. The number of amides is 2. The maximum Gasteiger partial charge on any atom is 0.410 e. The molecular formula is C24H23FN4O4. The van der Waals surface area contributed by atoms with E-state index in [2.05, 4.69) is 10.3 Å². The summed E-state index contributed by atoms with van der Waals surface area (Å²) in [6.45, 7) is 2.14. The summed E-state index contributed by atoms with van der Waals surface area (Å²) in [6, 6.07) is 14.4. The molecule has 2 heterocycles. The van der Waals surface area contributed by atoms with Gasteiger partial charge in [-0.3, -0.25) is 14.2 Å². The summed E-state index contributed by atoms with van der Waals surface area (Å²) in [6.07, 6.45) is -0.177. The minimum atomic E-state index is -0.473. The molecule has 0 atom stereocenters. The van der Waals surface area contributed by atoms with Crippen molar-refractivity contribution in [2.45, 2.75) is 26.4 Å². The molecule has 1 aliphatic rings. The van der Waals surface area contributed by atoms with Crippen LogP contribution in [0.4, 0.5) is 14.9 Å². The van der Waals surface area contributed by atoms with Crippen molar-refractivity contribution in [2.75, 3.05) is 18.5 Å². The Morgan fingerprint density at radius 2 is 1.85 bits per heavy atom. The molecule has 0 fully saturated rings. The first-order valence-corrected chi connectivity index (χ1v) is 10.6. The number of benzene rings is 2. The number of hydrogen-bond acceptors (Lipinski definition) is 5. The van der Waals surface area contributed by atoms with Crippen molar-refractivity contribution in [1.29, 1.82) is 0 Å². The van der Waals surface area contributed by atoms with Crippen LogP contribution in [0.5, 0.6) is 0 Å². The number of fused-ring (bicyclic) bond motifs is 1. The highest BCUT2D eigenvalue weighted by molar-refractivity contribution is 5.90. The summed E-state index contributed by atoms with van der Waals surface area (Å²) in [4.78, 5) is 44.4. The molecule has 1 N–H and O–H groups in total. The number of halogens is 1. The van der Waals surface area contributed by atoms with Crippen molar-refractivity contribution in [2.24, 2.45) is 0 Å². The van der Waals surface area contributed by atoms with E-state index in [-0.39, 0.29) is 31.1 Å². The smallest absolute Gasteiger partial charge is 0.410 e. The van der Waals surface area contributed by atoms with Gasteiger partial charge in [-0.1, -0.05) is 18.2 Å². The van der Waals surface area contributed by atoms with Crippen molar-refractivity contribution in [3.63, 3.8) is 0 Å². The zero-order valence-corrected chi connectivity index (χ0v) is 18.1. The molecule has 33 heavy (non-hydrogen) atoms. The third-order valence-electron chi connectivity index (χ3n) is 5.31. The summed E-state index contributed by atoms with van der Waals surface area (Å²) in [5.41, 5.74) is 1.63. The minimum absolute atomic E-state index is 0.120. The van der Waals surface area contributed by atoms with Gasteiger partial charge in [0.1, 0.15) is 18.2 Å². The lowest BCUT2D eigenvalue weighted by Gasteiger charge is -2.28. The number of rotatable bonds is 5. The monoisotopic (exact) mass is 450 g/mol. The van der Waals surface area contributed by atoms with Crippen molar-refractivity contribution >= 4 is 17.7 Å². The fraction of sp³-hybridized carbons (Fsp3) is 0.250. The standard InChI is InChI=1S/C24H23FN4O4/c1-2-33-24(32)28-13-12-19-20(14-28)27-22(16-8-10-17(25)11-9-16)29(23(19)31)15-21(30)26-18-6-4-3-5-7-18/h3-11H,2,12-15H2,1H3,(H,26,30). The van der Waals surface area contributed by atoms with Gasteiger partial charge in [0.25, 0.3) is 5.56 Å². The van der Waals surface area contributed by atoms with Gasteiger partial charge in [-0.05, 0) is 49.7 Å². The largest absolute Gasteiger partial charge is 0.450 e. The van der Waals surface area contributed by atoms with Crippen LogP contribution < -0.4 is 10.9 Å². The van der Waals surface area contributed by atoms with E-state index in [0.717, 1.165) is 0 Å². The molecule has 2 aromatic carbocycles. The van der Waals surface area contributed by atoms with E-state index < -0.39 is 17.8 Å².